The van der Waals surface area contributed by atoms with Gasteiger partial charge >= 0.3 is 0 Å². The van der Waals surface area contributed by atoms with E-state index in [1.165, 1.54) is 19.9 Å². The predicted molar refractivity (Wildman–Crippen MR) is 145 cm³/mol. The van der Waals surface area contributed by atoms with E-state index in [1.54, 1.807) is 13.0 Å². The Hall–Kier alpha value is -3.22. The van der Waals surface area contributed by atoms with Gasteiger partial charge in [0.05, 0.1) is 16.6 Å². The van der Waals surface area contributed by atoms with Gasteiger partial charge in [-0.3, -0.25) is 19.2 Å². The minimum Gasteiger partial charge on any atom is -0.511 e. The molecule has 4 aliphatic carbocycles. The zero-order chi connectivity index (χ0) is 28.7. The van der Waals surface area contributed by atoms with Gasteiger partial charge in [0.1, 0.15) is 17.3 Å². The molecule has 0 heterocycles. The second kappa shape index (κ2) is 8.90. The molecular formula is C32H38O7. The van der Waals surface area contributed by atoms with Crippen molar-refractivity contribution in [2.45, 2.75) is 86.0 Å². The zero-order valence-corrected chi connectivity index (χ0v) is 23.4. The normalized spacial score (nSPS) is 34.4. The second-order valence-electron chi connectivity index (χ2n) is 13.3. The Morgan fingerprint density at radius 1 is 0.974 bits per heavy atom. The Kier molecular flexibility index (Phi) is 6.24. The van der Waals surface area contributed by atoms with Crippen LogP contribution < -0.4 is 0 Å². The molecule has 0 bridgehead atoms. The van der Waals surface area contributed by atoms with E-state index in [0.717, 1.165) is 25.7 Å². The van der Waals surface area contributed by atoms with E-state index in [4.69, 9.17) is 0 Å². The fourth-order valence-electron chi connectivity index (χ4n) is 8.06. The first-order valence-corrected chi connectivity index (χ1v) is 14.0. The lowest BCUT2D eigenvalue weighted by molar-refractivity contribution is -0.138. The maximum Gasteiger partial charge on any atom is 0.196 e. The number of ketones is 4. The van der Waals surface area contributed by atoms with Crippen LogP contribution in [0.1, 0.15) is 106 Å². The third-order valence-corrected chi connectivity index (χ3v) is 10.4. The van der Waals surface area contributed by atoms with Gasteiger partial charge in [-0.25, -0.2) is 0 Å². The highest BCUT2D eigenvalue weighted by molar-refractivity contribution is 6.24. The number of aliphatic hydroxyl groups excluding tert-OH is 2. The number of allylic oxidation sites excluding steroid dienone is 4. The number of benzene rings is 1. The summed E-state index contributed by atoms with van der Waals surface area (Å²) in [6, 6.07) is 2.96. The number of hydrogen-bond acceptors (Lipinski definition) is 7. The first kappa shape index (κ1) is 27.4. The molecule has 5 rings (SSSR count). The standard InChI is InChI=1S/C32H38O7/c1-16-6-8-18(9-7-16)12-22(35)19-10-11-21(34)25-20(19)13-30(3)15-31(4)14-23(36)24(17(2)33)28(38)32(31,5)29(39)26(30)27(25)37/h10-11,16,18,34,36,39H,6-9,12-15H2,1-5H3/t16?,18?,30-,31+,32-/m1/s1. The Morgan fingerprint density at radius 2 is 1.62 bits per heavy atom. The maximum atomic E-state index is 14.1. The molecule has 0 aliphatic heterocycles. The molecule has 1 saturated carbocycles. The average molecular weight is 535 g/mol. The number of carbonyl (C=O) groups excluding carboxylic acids is 4. The first-order valence-electron chi connectivity index (χ1n) is 14.0. The van der Waals surface area contributed by atoms with Gasteiger partial charge in [-0.1, -0.05) is 33.6 Å². The van der Waals surface area contributed by atoms with E-state index in [-0.39, 0.29) is 53.3 Å². The van der Waals surface area contributed by atoms with Crippen molar-refractivity contribution in [3.05, 3.63) is 51.5 Å². The van der Waals surface area contributed by atoms with Crippen molar-refractivity contribution < 1.29 is 34.5 Å². The molecule has 1 aromatic carbocycles. The minimum absolute atomic E-state index is 0.00205. The Balaban J connectivity index is 1.62. The van der Waals surface area contributed by atoms with Crippen LogP contribution in [0, 0.1) is 28.1 Å². The highest BCUT2D eigenvalue weighted by Gasteiger charge is 2.65. The molecule has 0 aromatic heterocycles. The molecule has 3 atom stereocenters. The SMILES string of the molecule is CC(=O)C1=C(O)C[C@@]2(C)C[C@@]3(C)Cc4c(C(=O)CC5CCC(C)CC5)ccc(O)c4C(=O)C3=C(O)[C@@]2(C)C1=O. The van der Waals surface area contributed by atoms with Gasteiger partial charge in [0.2, 0.25) is 0 Å². The quantitative estimate of drug-likeness (QED) is 0.313. The van der Waals surface area contributed by atoms with Gasteiger partial charge in [-0.15, -0.1) is 0 Å². The summed E-state index contributed by atoms with van der Waals surface area (Å²) in [6.07, 6.45) is 5.03. The van der Waals surface area contributed by atoms with Crippen molar-refractivity contribution >= 4 is 23.1 Å². The molecule has 39 heavy (non-hydrogen) atoms. The number of aliphatic hydroxyl groups is 2. The van der Waals surface area contributed by atoms with Gasteiger partial charge in [-0.05, 0) is 74.5 Å². The van der Waals surface area contributed by atoms with E-state index >= 15 is 0 Å². The molecule has 7 heteroatoms. The van der Waals surface area contributed by atoms with Crippen molar-refractivity contribution in [1.82, 2.24) is 0 Å². The van der Waals surface area contributed by atoms with Crippen LogP contribution >= 0.6 is 0 Å². The molecule has 7 nitrogen and oxygen atoms in total. The number of phenols is 1. The summed E-state index contributed by atoms with van der Waals surface area (Å²) < 4.78 is 0. The molecule has 1 fully saturated rings. The fraction of sp³-hybridized carbons (Fsp3) is 0.562. The zero-order valence-electron chi connectivity index (χ0n) is 23.4. The molecule has 208 valence electrons. The molecule has 4 aliphatic rings. The highest BCUT2D eigenvalue weighted by Crippen LogP contribution is 2.65. The lowest BCUT2D eigenvalue weighted by Gasteiger charge is -2.57. The van der Waals surface area contributed by atoms with Crippen molar-refractivity contribution in [3.8, 4) is 5.75 Å². The molecule has 3 N–H and O–H groups in total. The summed E-state index contributed by atoms with van der Waals surface area (Å²) in [4.78, 5) is 53.6. The van der Waals surface area contributed by atoms with Crippen LogP contribution in [0.2, 0.25) is 0 Å². The third kappa shape index (κ3) is 3.83. The Bertz CT molecular complexity index is 1390. The summed E-state index contributed by atoms with van der Waals surface area (Å²) in [7, 11) is 0. The van der Waals surface area contributed by atoms with Crippen molar-refractivity contribution in [2.75, 3.05) is 0 Å². The van der Waals surface area contributed by atoms with Gasteiger partial charge in [-0.2, -0.15) is 0 Å². The first-order chi connectivity index (χ1) is 18.1. The molecule has 0 saturated heterocycles. The number of rotatable bonds is 4. The van der Waals surface area contributed by atoms with E-state index in [9.17, 15) is 34.5 Å². The van der Waals surface area contributed by atoms with Gasteiger partial charge in [0, 0.05) is 29.4 Å². The maximum absolute atomic E-state index is 14.1. The fourth-order valence-corrected chi connectivity index (χ4v) is 8.06. The minimum atomic E-state index is -1.61. The lowest BCUT2D eigenvalue weighted by Crippen LogP contribution is -2.57. The summed E-state index contributed by atoms with van der Waals surface area (Å²) in [6.45, 7) is 8.57. The number of Topliss-reactive ketones (excluding diaryl/α,β-unsaturated/α-hetero) is 4. The van der Waals surface area contributed by atoms with E-state index < -0.39 is 39.4 Å². The van der Waals surface area contributed by atoms with Crippen LogP contribution in [-0.4, -0.2) is 38.5 Å². The number of aromatic hydroxyl groups is 1. The van der Waals surface area contributed by atoms with Crippen LogP contribution in [0.15, 0.2) is 34.8 Å². The average Bonchev–Trinajstić information content (AvgIpc) is 2.82. The molecule has 0 spiro atoms. The topological polar surface area (TPSA) is 129 Å². The Morgan fingerprint density at radius 3 is 2.23 bits per heavy atom. The molecule has 0 amide bonds. The summed E-state index contributed by atoms with van der Waals surface area (Å²) >= 11 is 0. The summed E-state index contributed by atoms with van der Waals surface area (Å²) in [5, 5.41) is 33.3. The molecule has 0 unspecified atom stereocenters. The summed E-state index contributed by atoms with van der Waals surface area (Å²) in [5.41, 5.74) is -2.97. The van der Waals surface area contributed by atoms with Gasteiger partial charge in [0.15, 0.2) is 23.1 Å². The van der Waals surface area contributed by atoms with Crippen molar-refractivity contribution in [2.24, 2.45) is 28.1 Å². The second-order valence-corrected chi connectivity index (χ2v) is 13.3. The van der Waals surface area contributed by atoms with Crippen LogP contribution in [0.25, 0.3) is 0 Å². The van der Waals surface area contributed by atoms with E-state index in [2.05, 4.69) is 6.92 Å². The van der Waals surface area contributed by atoms with Crippen LogP contribution in [-0.2, 0) is 16.0 Å². The van der Waals surface area contributed by atoms with Crippen LogP contribution in [0.3, 0.4) is 0 Å². The molecule has 0 radical (unpaired) electrons. The van der Waals surface area contributed by atoms with E-state index in [0.29, 0.717) is 29.4 Å². The number of fused-ring (bicyclic) bond motifs is 3. The number of carbonyl (C=O) groups is 4. The third-order valence-electron chi connectivity index (χ3n) is 10.4. The van der Waals surface area contributed by atoms with Crippen LogP contribution in [0.4, 0.5) is 0 Å². The van der Waals surface area contributed by atoms with Gasteiger partial charge in [0.25, 0.3) is 0 Å². The summed E-state index contributed by atoms with van der Waals surface area (Å²) in [5.74, 6) is -1.99. The van der Waals surface area contributed by atoms with Crippen LogP contribution in [0.5, 0.6) is 5.75 Å². The monoisotopic (exact) mass is 534 g/mol. The van der Waals surface area contributed by atoms with E-state index in [1.807, 2.05) is 6.92 Å². The highest BCUT2D eigenvalue weighted by atomic mass is 16.3. The van der Waals surface area contributed by atoms with Gasteiger partial charge < -0.3 is 15.3 Å². The Labute approximate surface area is 229 Å². The smallest absolute Gasteiger partial charge is 0.196 e. The molecule has 1 aromatic rings. The largest absolute Gasteiger partial charge is 0.511 e. The van der Waals surface area contributed by atoms with Crippen molar-refractivity contribution in [1.29, 1.82) is 0 Å². The lowest BCUT2D eigenvalue weighted by atomic mass is 9.44. The van der Waals surface area contributed by atoms with Crippen molar-refractivity contribution in [3.63, 3.8) is 0 Å². The molecular weight excluding hydrogens is 496 g/mol. The number of phenolic OH excluding ortho intramolecular Hbond substituents is 1. The predicted octanol–water partition coefficient (Wildman–Crippen LogP) is 6.14. The number of hydrogen-bond donors (Lipinski definition) is 3.